The Balaban J connectivity index is 1.81. The standard InChI is InChI=1S/C20H11Cl2N3O5/c21-15-4-1-11(8-16(15)22)19-6-3-14(30-19)7-12(10-23)20(27)24-17-5-2-13(25(28)29)9-18(17)26/h1-9,26H,(H,24,27). The van der Waals surface area contributed by atoms with E-state index in [9.17, 15) is 25.3 Å². The molecule has 0 unspecified atom stereocenters. The van der Waals surface area contributed by atoms with Gasteiger partial charge in [-0.3, -0.25) is 14.9 Å². The molecule has 0 aliphatic carbocycles. The molecule has 0 radical (unpaired) electrons. The normalized spacial score (nSPS) is 11.0. The van der Waals surface area contributed by atoms with Gasteiger partial charge in [-0.05, 0) is 36.4 Å². The number of non-ortho nitro benzene ring substituents is 1. The van der Waals surface area contributed by atoms with E-state index in [4.69, 9.17) is 27.6 Å². The molecular weight excluding hydrogens is 433 g/mol. The Hall–Kier alpha value is -3.80. The molecule has 0 aliphatic heterocycles. The van der Waals surface area contributed by atoms with Crippen molar-refractivity contribution < 1.29 is 19.2 Å². The van der Waals surface area contributed by atoms with Crippen molar-refractivity contribution in [3.63, 3.8) is 0 Å². The summed E-state index contributed by atoms with van der Waals surface area (Å²) in [6.07, 6.45) is 1.22. The molecular formula is C20H11Cl2N3O5. The Morgan fingerprint density at radius 2 is 1.93 bits per heavy atom. The second-order valence-electron chi connectivity index (χ2n) is 5.91. The number of aromatic hydroxyl groups is 1. The van der Waals surface area contributed by atoms with Gasteiger partial charge in [0.05, 0.1) is 26.7 Å². The van der Waals surface area contributed by atoms with Crippen LogP contribution in [0.1, 0.15) is 5.76 Å². The largest absolute Gasteiger partial charge is 0.506 e. The molecule has 2 aromatic carbocycles. The number of hydrogen-bond donors (Lipinski definition) is 2. The summed E-state index contributed by atoms with van der Waals surface area (Å²) in [5, 5.41) is 32.9. The minimum absolute atomic E-state index is 0.0808. The molecule has 1 aromatic heterocycles. The molecule has 0 fully saturated rings. The van der Waals surface area contributed by atoms with Crippen molar-refractivity contribution in [3.8, 4) is 23.1 Å². The topological polar surface area (TPSA) is 129 Å². The zero-order chi connectivity index (χ0) is 21.8. The molecule has 1 heterocycles. The van der Waals surface area contributed by atoms with E-state index in [1.807, 2.05) is 0 Å². The molecule has 3 aromatic rings. The number of furan rings is 1. The fraction of sp³-hybridized carbons (Fsp3) is 0. The van der Waals surface area contributed by atoms with E-state index in [0.29, 0.717) is 21.4 Å². The summed E-state index contributed by atoms with van der Waals surface area (Å²) in [7, 11) is 0. The number of phenols is 1. The number of carbonyl (C=O) groups is 1. The highest BCUT2D eigenvalue weighted by Gasteiger charge is 2.16. The van der Waals surface area contributed by atoms with Crippen molar-refractivity contribution in [2.45, 2.75) is 0 Å². The van der Waals surface area contributed by atoms with Gasteiger partial charge < -0.3 is 14.8 Å². The minimum atomic E-state index is -0.825. The van der Waals surface area contributed by atoms with Gasteiger partial charge in [-0.15, -0.1) is 0 Å². The fourth-order valence-electron chi connectivity index (χ4n) is 2.45. The maximum atomic E-state index is 12.4. The van der Waals surface area contributed by atoms with Gasteiger partial charge in [0.15, 0.2) is 0 Å². The number of benzene rings is 2. The van der Waals surface area contributed by atoms with Crippen LogP contribution < -0.4 is 5.32 Å². The average molecular weight is 444 g/mol. The smallest absolute Gasteiger partial charge is 0.273 e. The van der Waals surface area contributed by atoms with E-state index in [1.54, 1.807) is 36.4 Å². The Morgan fingerprint density at radius 3 is 2.57 bits per heavy atom. The van der Waals surface area contributed by atoms with E-state index in [1.165, 1.54) is 6.08 Å². The Bertz CT molecular complexity index is 1230. The molecule has 0 bridgehead atoms. The van der Waals surface area contributed by atoms with Crippen molar-refractivity contribution in [2.75, 3.05) is 5.32 Å². The number of rotatable bonds is 5. The fourth-order valence-corrected chi connectivity index (χ4v) is 2.75. The number of anilines is 1. The van der Waals surface area contributed by atoms with Crippen LogP contribution in [-0.2, 0) is 4.79 Å². The molecule has 0 saturated carbocycles. The third-order valence-corrected chi connectivity index (χ3v) is 4.66. The van der Waals surface area contributed by atoms with E-state index < -0.39 is 16.6 Å². The number of nitro benzene ring substituents is 1. The van der Waals surface area contributed by atoms with Gasteiger partial charge in [0.25, 0.3) is 11.6 Å². The van der Waals surface area contributed by atoms with Gasteiger partial charge >= 0.3 is 0 Å². The summed E-state index contributed by atoms with van der Waals surface area (Å²) in [5.41, 5.74) is -0.0692. The van der Waals surface area contributed by atoms with Gasteiger partial charge in [0.1, 0.15) is 28.9 Å². The first-order chi connectivity index (χ1) is 14.3. The van der Waals surface area contributed by atoms with Crippen LogP contribution in [0.5, 0.6) is 5.75 Å². The number of amides is 1. The highest BCUT2D eigenvalue weighted by molar-refractivity contribution is 6.42. The van der Waals surface area contributed by atoms with Gasteiger partial charge in [0, 0.05) is 17.7 Å². The molecule has 0 spiro atoms. The summed E-state index contributed by atoms with van der Waals surface area (Å²) < 4.78 is 5.63. The zero-order valence-electron chi connectivity index (χ0n) is 14.9. The number of nitrogens with one attached hydrogen (secondary N) is 1. The van der Waals surface area contributed by atoms with Crippen molar-refractivity contribution in [1.29, 1.82) is 5.26 Å². The predicted molar refractivity (Wildman–Crippen MR) is 111 cm³/mol. The van der Waals surface area contributed by atoms with Crippen LogP contribution in [0, 0.1) is 21.4 Å². The lowest BCUT2D eigenvalue weighted by atomic mass is 10.2. The molecule has 150 valence electrons. The molecule has 30 heavy (non-hydrogen) atoms. The number of phenolic OH excluding ortho intramolecular Hbond substituents is 1. The van der Waals surface area contributed by atoms with Crippen molar-refractivity contribution in [3.05, 3.63) is 80.0 Å². The molecule has 0 saturated heterocycles. The molecule has 10 heteroatoms. The number of halogens is 2. The van der Waals surface area contributed by atoms with E-state index in [0.717, 1.165) is 18.2 Å². The number of nitro groups is 1. The van der Waals surface area contributed by atoms with E-state index >= 15 is 0 Å². The van der Waals surface area contributed by atoms with Crippen LogP contribution in [0.4, 0.5) is 11.4 Å². The summed E-state index contributed by atoms with van der Waals surface area (Å²) in [5.74, 6) is -0.648. The highest BCUT2D eigenvalue weighted by Crippen LogP contribution is 2.31. The van der Waals surface area contributed by atoms with E-state index in [2.05, 4.69) is 5.32 Å². The van der Waals surface area contributed by atoms with E-state index in [-0.39, 0.29) is 22.7 Å². The molecule has 1 amide bonds. The Morgan fingerprint density at radius 1 is 1.17 bits per heavy atom. The molecule has 2 N–H and O–H groups in total. The summed E-state index contributed by atoms with van der Waals surface area (Å²) >= 11 is 11.9. The minimum Gasteiger partial charge on any atom is -0.506 e. The summed E-state index contributed by atoms with van der Waals surface area (Å²) in [4.78, 5) is 22.4. The van der Waals surface area contributed by atoms with Crippen LogP contribution in [0.25, 0.3) is 17.4 Å². The van der Waals surface area contributed by atoms with Crippen molar-refractivity contribution in [2.24, 2.45) is 0 Å². The summed E-state index contributed by atoms with van der Waals surface area (Å²) in [6.45, 7) is 0. The van der Waals surface area contributed by atoms with Crippen LogP contribution in [0.15, 0.2) is 58.5 Å². The zero-order valence-corrected chi connectivity index (χ0v) is 16.4. The lowest BCUT2D eigenvalue weighted by molar-refractivity contribution is -0.384. The maximum Gasteiger partial charge on any atom is 0.273 e. The first-order valence-corrected chi connectivity index (χ1v) is 9.00. The Kier molecular flexibility index (Phi) is 6.06. The third kappa shape index (κ3) is 4.60. The average Bonchev–Trinajstić information content (AvgIpc) is 3.18. The second-order valence-corrected chi connectivity index (χ2v) is 6.73. The number of nitrogens with zero attached hydrogens (tertiary/aromatic N) is 2. The first-order valence-electron chi connectivity index (χ1n) is 8.24. The van der Waals surface area contributed by atoms with Crippen molar-refractivity contribution >= 4 is 46.6 Å². The monoisotopic (exact) mass is 443 g/mol. The second kappa shape index (κ2) is 8.69. The Labute approximate surface area is 179 Å². The maximum absolute atomic E-state index is 12.4. The quantitative estimate of drug-likeness (QED) is 0.178. The number of hydrogen-bond acceptors (Lipinski definition) is 6. The van der Waals surface area contributed by atoms with Crippen LogP contribution >= 0.6 is 23.2 Å². The molecule has 0 atom stereocenters. The molecule has 0 aliphatic rings. The van der Waals surface area contributed by atoms with Crippen LogP contribution in [-0.4, -0.2) is 15.9 Å². The third-order valence-electron chi connectivity index (χ3n) is 3.92. The van der Waals surface area contributed by atoms with Crippen LogP contribution in [0.3, 0.4) is 0 Å². The number of carbonyl (C=O) groups excluding carboxylic acids is 1. The van der Waals surface area contributed by atoms with Gasteiger partial charge in [-0.2, -0.15) is 5.26 Å². The highest BCUT2D eigenvalue weighted by atomic mass is 35.5. The van der Waals surface area contributed by atoms with Crippen LogP contribution in [0.2, 0.25) is 10.0 Å². The lowest BCUT2D eigenvalue weighted by Gasteiger charge is -2.06. The summed E-state index contributed by atoms with van der Waals surface area (Å²) in [6, 6.07) is 13.0. The molecule has 3 rings (SSSR count). The van der Waals surface area contributed by atoms with Gasteiger partial charge in [-0.25, -0.2) is 0 Å². The lowest BCUT2D eigenvalue weighted by Crippen LogP contribution is -2.13. The number of nitriles is 1. The van der Waals surface area contributed by atoms with Gasteiger partial charge in [0.2, 0.25) is 0 Å². The first kappa shape index (κ1) is 20.9. The van der Waals surface area contributed by atoms with Crippen molar-refractivity contribution in [1.82, 2.24) is 0 Å². The SMILES string of the molecule is N#CC(=Cc1ccc(-c2ccc(Cl)c(Cl)c2)o1)C(=O)Nc1ccc([N+](=O)[O-])cc1O. The predicted octanol–water partition coefficient (Wildman–Crippen LogP) is 5.41. The molecule has 8 nitrogen and oxygen atoms in total. The van der Waals surface area contributed by atoms with Gasteiger partial charge in [-0.1, -0.05) is 23.2 Å².